The van der Waals surface area contributed by atoms with Crippen LogP contribution in [0.15, 0.2) is 54.7 Å². The van der Waals surface area contributed by atoms with Crippen molar-refractivity contribution in [3.63, 3.8) is 0 Å². The SMILES string of the molecule is C[C@@]1(C(=O)NC2CCCCCC2)Cn2c(cc3ccccc32)C(=O)N1Cc1ccccn1. The number of carbonyl (C=O) groups excluding carboxylic acids is 2. The van der Waals surface area contributed by atoms with E-state index in [9.17, 15) is 9.59 Å². The summed E-state index contributed by atoms with van der Waals surface area (Å²) in [6, 6.07) is 15.8. The van der Waals surface area contributed by atoms with Crippen molar-refractivity contribution in [1.82, 2.24) is 19.8 Å². The van der Waals surface area contributed by atoms with Crippen molar-refractivity contribution in [2.24, 2.45) is 0 Å². The lowest BCUT2D eigenvalue weighted by molar-refractivity contribution is -0.134. The number of nitrogens with one attached hydrogen (secondary N) is 1. The molecule has 0 spiro atoms. The average molecular weight is 431 g/mol. The van der Waals surface area contributed by atoms with Gasteiger partial charge in [-0.05, 0) is 44.0 Å². The van der Waals surface area contributed by atoms with Gasteiger partial charge in [0.25, 0.3) is 5.91 Å². The third-order valence-electron chi connectivity index (χ3n) is 7.06. The number of para-hydroxylation sites is 1. The van der Waals surface area contributed by atoms with E-state index in [2.05, 4.69) is 10.3 Å². The highest BCUT2D eigenvalue weighted by molar-refractivity contribution is 6.03. The predicted molar refractivity (Wildman–Crippen MR) is 124 cm³/mol. The van der Waals surface area contributed by atoms with Gasteiger partial charge in [-0.15, -0.1) is 0 Å². The van der Waals surface area contributed by atoms with E-state index in [1.807, 2.05) is 60.0 Å². The monoisotopic (exact) mass is 430 g/mol. The molecule has 1 aromatic carbocycles. The number of hydrogen-bond donors (Lipinski definition) is 1. The Labute approximate surface area is 188 Å². The van der Waals surface area contributed by atoms with E-state index >= 15 is 0 Å². The number of aromatic nitrogens is 2. The molecular weight excluding hydrogens is 400 g/mol. The molecule has 3 heterocycles. The fraction of sp³-hybridized carbons (Fsp3) is 0.423. The van der Waals surface area contributed by atoms with Crippen LogP contribution < -0.4 is 5.32 Å². The maximum absolute atomic E-state index is 13.8. The summed E-state index contributed by atoms with van der Waals surface area (Å²) in [6.07, 6.45) is 8.49. The molecule has 6 heteroatoms. The average Bonchev–Trinajstić information content (AvgIpc) is 2.98. The second-order valence-corrected chi connectivity index (χ2v) is 9.32. The van der Waals surface area contributed by atoms with Crippen LogP contribution in [0.25, 0.3) is 10.9 Å². The van der Waals surface area contributed by atoms with E-state index in [-0.39, 0.29) is 17.9 Å². The highest BCUT2D eigenvalue weighted by atomic mass is 16.2. The van der Waals surface area contributed by atoms with Gasteiger partial charge in [0.2, 0.25) is 5.91 Å². The Morgan fingerprint density at radius 3 is 2.59 bits per heavy atom. The number of pyridine rings is 1. The summed E-state index contributed by atoms with van der Waals surface area (Å²) in [5, 5.41) is 4.33. The molecule has 2 aromatic heterocycles. The number of rotatable bonds is 4. The van der Waals surface area contributed by atoms with Crippen LogP contribution in [-0.4, -0.2) is 37.8 Å². The summed E-state index contributed by atoms with van der Waals surface area (Å²) >= 11 is 0. The van der Waals surface area contributed by atoms with Gasteiger partial charge in [0.05, 0.1) is 18.8 Å². The topological polar surface area (TPSA) is 67.2 Å². The molecule has 1 aliphatic heterocycles. The summed E-state index contributed by atoms with van der Waals surface area (Å²) < 4.78 is 2.01. The summed E-state index contributed by atoms with van der Waals surface area (Å²) in [5.74, 6) is -0.200. The van der Waals surface area contributed by atoms with Crippen molar-refractivity contribution in [2.75, 3.05) is 0 Å². The first-order chi connectivity index (χ1) is 15.6. The van der Waals surface area contributed by atoms with Gasteiger partial charge in [-0.1, -0.05) is 49.9 Å². The summed E-state index contributed by atoms with van der Waals surface area (Å²) in [4.78, 5) is 33.7. The molecule has 5 rings (SSSR count). The normalized spacial score (nSPS) is 21.9. The Morgan fingerprint density at radius 1 is 1.09 bits per heavy atom. The summed E-state index contributed by atoms with van der Waals surface area (Å²) in [5.41, 5.74) is 1.39. The molecule has 0 radical (unpaired) electrons. The number of benzene rings is 1. The molecule has 32 heavy (non-hydrogen) atoms. The van der Waals surface area contributed by atoms with Crippen LogP contribution in [0.2, 0.25) is 0 Å². The molecule has 3 aromatic rings. The van der Waals surface area contributed by atoms with E-state index in [4.69, 9.17) is 0 Å². The third kappa shape index (κ3) is 3.68. The van der Waals surface area contributed by atoms with Crippen LogP contribution >= 0.6 is 0 Å². The molecule has 2 aliphatic rings. The Kier molecular flexibility index (Phi) is 5.45. The minimum Gasteiger partial charge on any atom is -0.351 e. The number of fused-ring (bicyclic) bond motifs is 3. The Bertz CT molecular complexity index is 1130. The van der Waals surface area contributed by atoms with Gasteiger partial charge < -0.3 is 14.8 Å². The number of amides is 2. The predicted octanol–water partition coefficient (Wildman–Crippen LogP) is 4.29. The molecule has 2 amide bonds. The Hall–Kier alpha value is -3.15. The van der Waals surface area contributed by atoms with E-state index < -0.39 is 5.54 Å². The zero-order chi connectivity index (χ0) is 22.1. The largest absolute Gasteiger partial charge is 0.351 e. The van der Waals surface area contributed by atoms with E-state index in [0.717, 1.165) is 42.3 Å². The van der Waals surface area contributed by atoms with E-state index in [1.54, 1.807) is 11.1 Å². The lowest BCUT2D eigenvalue weighted by Gasteiger charge is -2.44. The fourth-order valence-corrected chi connectivity index (χ4v) is 5.17. The van der Waals surface area contributed by atoms with Gasteiger partial charge in [-0.3, -0.25) is 14.6 Å². The van der Waals surface area contributed by atoms with Crippen molar-refractivity contribution in [2.45, 2.75) is 70.1 Å². The minimum atomic E-state index is -1.00. The lowest BCUT2D eigenvalue weighted by atomic mass is 9.93. The molecule has 1 atom stereocenters. The van der Waals surface area contributed by atoms with Crippen LogP contribution in [0.3, 0.4) is 0 Å². The zero-order valence-corrected chi connectivity index (χ0v) is 18.6. The van der Waals surface area contributed by atoms with Crippen LogP contribution in [0.4, 0.5) is 0 Å². The van der Waals surface area contributed by atoms with Crippen LogP contribution in [-0.2, 0) is 17.9 Å². The lowest BCUT2D eigenvalue weighted by Crippen LogP contribution is -2.64. The molecule has 1 fully saturated rings. The first-order valence-corrected chi connectivity index (χ1v) is 11.7. The first kappa shape index (κ1) is 20.7. The van der Waals surface area contributed by atoms with E-state index in [1.165, 1.54) is 12.8 Å². The second kappa shape index (κ2) is 8.41. The van der Waals surface area contributed by atoms with Gasteiger partial charge in [0.1, 0.15) is 11.2 Å². The molecule has 1 N–H and O–H groups in total. The Morgan fingerprint density at radius 2 is 1.84 bits per heavy atom. The minimum absolute atomic E-state index is 0.0721. The van der Waals surface area contributed by atoms with Crippen molar-refractivity contribution >= 4 is 22.7 Å². The maximum atomic E-state index is 13.8. The Balaban J connectivity index is 1.53. The molecule has 0 unspecified atom stereocenters. The molecule has 6 nitrogen and oxygen atoms in total. The van der Waals surface area contributed by atoms with Crippen LogP contribution in [0.5, 0.6) is 0 Å². The third-order valence-corrected chi connectivity index (χ3v) is 7.06. The quantitative estimate of drug-likeness (QED) is 0.628. The summed E-state index contributed by atoms with van der Waals surface area (Å²) in [6.45, 7) is 2.63. The van der Waals surface area contributed by atoms with Gasteiger partial charge in [-0.2, -0.15) is 0 Å². The van der Waals surface area contributed by atoms with Crippen LogP contribution in [0.1, 0.15) is 61.6 Å². The number of nitrogens with zero attached hydrogens (tertiary/aromatic N) is 3. The molecule has 0 saturated heterocycles. The van der Waals surface area contributed by atoms with Gasteiger partial charge in [0.15, 0.2) is 0 Å². The first-order valence-electron chi connectivity index (χ1n) is 11.7. The van der Waals surface area contributed by atoms with Crippen molar-refractivity contribution in [1.29, 1.82) is 0 Å². The smallest absolute Gasteiger partial charge is 0.271 e. The zero-order valence-electron chi connectivity index (χ0n) is 18.6. The highest BCUT2D eigenvalue weighted by Crippen LogP contribution is 2.33. The maximum Gasteiger partial charge on any atom is 0.271 e. The van der Waals surface area contributed by atoms with Crippen LogP contribution in [0, 0.1) is 0 Å². The van der Waals surface area contributed by atoms with E-state index in [0.29, 0.717) is 18.8 Å². The standard InChI is InChI=1S/C26H30N4O2/c1-26(25(32)28-20-11-4-2-3-5-12-20)18-29-22-14-7-6-10-19(22)16-23(29)24(31)30(26)17-21-13-8-9-15-27-21/h6-10,13-16,20H,2-5,11-12,17-18H2,1H3,(H,28,32)/t26-/m0/s1. The number of carbonyl (C=O) groups is 2. The fourth-order valence-electron chi connectivity index (χ4n) is 5.17. The molecular formula is C26H30N4O2. The van der Waals surface area contributed by atoms with Crippen molar-refractivity contribution in [3.05, 3.63) is 66.1 Å². The summed E-state index contributed by atoms with van der Waals surface area (Å²) in [7, 11) is 0. The highest BCUT2D eigenvalue weighted by Gasteiger charge is 2.48. The van der Waals surface area contributed by atoms with Crippen molar-refractivity contribution in [3.8, 4) is 0 Å². The molecule has 166 valence electrons. The van der Waals surface area contributed by atoms with Crippen molar-refractivity contribution < 1.29 is 9.59 Å². The number of hydrogen-bond acceptors (Lipinski definition) is 3. The van der Waals surface area contributed by atoms with Gasteiger partial charge in [0, 0.05) is 23.1 Å². The van der Waals surface area contributed by atoms with Gasteiger partial charge >= 0.3 is 0 Å². The molecule has 1 aliphatic carbocycles. The van der Waals surface area contributed by atoms with Gasteiger partial charge in [-0.25, -0.2) is 0 Å². The molecule has 1 saturated carbocycles. The second-order valence-electron chi connectivity index (χ2n) is 9.32. The molecule has 0 bridgehead atoms.